The van der Waals surface area contributed by atoms with Gasteiger partial charge in [0.1, 0.15) is 11.6 Å². The number of benzene rings is 1. The van der Waals surface area contributed by atoms with Gasteiger partial charge in [0.25, 0.3) is 5.69 Å². The first-order valence-electron chi connectivity index (χ1n) is 7.25. The molecule has 21 heavy (non-hydrogen) atoms. The first-order chi connectivity index (χ1) is 10.1. The summed E-state index contributed by atoms with van der Waals surface area (Å²) >= 11 is 0. The van der Waals surface area contributed by atoms with E-state index in [-0.39, 0.29) is 11.3 Å². The van der Waals surface area contributed by atoms with Gasteiger partial charge in [-0.15, -0.1) is 0 Å². The largest absolute Gasteiger partial charge is 0.370 e. The molecule has 0 aromatic heterocycles. The van der Waals surface area contributed by atoms with E-state index in [1.165, 1.54) is 18.9 Å². The number of likely N-dealkylation sites (N-methyl/N-ethyl adjacent to an activating group) is 1. The molecule has 2 saturated heterocycles. The molecular weight excluding hydrogens is 268 g/mol. The van der Waals surface area contributed by atoms with Crippen LogP contribution in [0.3, 0.4) is 0 Å². The van der Waals surface area contributed by atoms with Gasteiger partial charge in [-0.05, 0) is 38.4 Å². The third-order valence-corrected chi connectivity index (χ3v) is 4.81. The van der Waals surface area contributed by atoms with Gasteiger partial charge >= 0.3 is 0 Å². The van der Waals surface area contributed by atoms with Crippen molar-refractivity contribution in [2.45, 2.75) is 31.3 Å². The van der Waals surface area contributed by atoms with Gasteiger partial charge in [-0.2, -0.15) is 5.26 Å². The average molecular weight is 286 g/mol. The summed E-state index contributed by atoms with van der Waals surface area (Å²) in [6, 6.07) is 7.98. The molecule has 0 amide bonds. The van der Waals surface area contributed by atoms with E-state index in [1.807, 2.05) is 6.07 Å². The van der Waals surface area contributed by atoms with Gasteiger partial charge in [-0.3, -0.25) is 15.0 Å². The molecule has 1 aromatic rings. The normalized spacial score (nSPS) is 25.4. The molecule has 2 fully saturated rings. The van der Waals surface area contributed by atoms with Crippen LogP contribution in [0.5, 0.6) is 0 Å². The molecule has 2 heterocycles. The first-order valence-corrected chi connectivity index (χ1v) is 7.25. The summed E-state index contributed by atoms with van der Waals surface area (Å²) in [5, 5.41) is 20.0. The molecule has 2 unspecified atom stereocenters. The van der Waals surface area contributed by atoms with Crippen LogP contribution in [0.1, 0.15) is 24.8 Å². The molecule has 2 bridgehead atoms. The SMILES string of the molecule is CN1C2CCC1CN(c1ccc([N+](=O)[O-])c(C#N)c1)CC2. The molecule has 2 aliphatic rings. The summed E-state index contributed by atoms with van der Waals surface area (Å²) in [6.07, 6.45) is 3.57. The lowest BCUT2D eigenvalue weighted by Gasteiger charge is -2.27. The second kappa shape index (κ2) is 5.34. The topological polar surface area (TPSA) is 73.4 Å². The van der Waals surface area contributed by atoms with E-state index in [0.717, 1.165) is 25.2 Å². The summed E-state index contributed by atoms with van der Waals surface area (Å²) < 4.78 is 0. The Labute approximate surface area is 123 Å². The Morgan fingerprint density at radius 2 is 2.10 bits per heavy atom. The van der Waals surface area contributed by atoms with Crippen LogP contribution >= 0.6 is 0 Å². The number of nitrogens with zero attached hydrogens (tertiary/aromatic N) is 4. The highest BCUT2D eigenvalue weighted by Gasteiger charge is 2.34. The van der Waals surface area contributed by atoms with Gasteiger partial charge in [-0.1, -0.05) is 0 Å². The Kier molecular flexibility index (Phi) is 3.52. The van der Waals surface area contributed by atoms with Crippen LogP contribution in [0, 0.1) is 21.4 Å². The van der Waals surface area contributed by atoms with E-state index < -0.39 is 4.92 Å². The van der Waals surface area contributed by atoms with Crippen LogP contribution in [-0.4, -0.2) is 42.0 Å². The summed E-state index contributed by atoms with van der Waals surface area (Å²) in [5.74, 6) is 0. The van der Waals surface area contributed by atoms with Crippen molar-refractivity contribution in [3.8, 4) is 6.07 Å². The van der Waals surface area contributed by atoms with Crippen molar-refractivity contribution in [1.82, 2.24) is 4.90 Å². The van der Waals surface area contributed by atoms with Crippen molar-refractivity contribution in [3.63, 3.8) is 0 Å². The van der Waals surface area contributed by atoms with E-state index in [1.54, 1.807) is 12.1 Å². The molecule has 2 atom stereocenters. The van der Waals surface area contributed by atoms with Crippen molar-refractivity contribution in [2.24, 2.45) is 0 Å². The number of hydrogen-bond acceptors (Lipinski definition) is 5. The maximum atomic E-state index is 10.9. The first kappa shape index (κ1) is 13.8. The molecule has 1 aromatic carbocycles. The lowest BCUT2D eigenvalue weighted by atomic mass is 10.1. The minimum Gasteiger partial charge on any atom is -0.370 e. The summed E-state index contributed by atoms with van der Waals surface area (Å²) in [5.41, 5.74) is 0.938. The average Bonchev–Trinajstić information content (AvgIpc) is 2.71. The zero-order valence-corrected chi connectivity index (χ0v) is 12.0. The molecule has 0 saturated carbocycles. The third kappa shape index (κ3) is 2.45. The number of rotatable bonds is 2. The number of anilines is 1. The fourth-order valence-electron chi connectivity index (χ4n) is 3.51. The minimum absolute atomic E-state index is 0.116. The Balaban J connectivity index is 1.87. The highest BCUT2D eigenvalue weighted by molar-refractivity contribution is 5.60. The predicted octanol–water partition coefficient (Wildman–Crippen LogP) is 2.14. The zero-order chi connectivity index (χ0) is 15.0. The highest BCUT2D eigenvalue weighted by atomic mass is 16.6. The predicted molar refractivity (Wildman–Crippen MR) is 79.2 cm³/mol. The monoisotopic (exact) mass is 286 g/mol. The lowest BCUT2D eigenvalue weighted by Crippen LogP contribution is -2.36. The van der Waals surface area contributed by atoms with Crippen molar-refractivity contribution < 1.29 is 4.92 Å². The third-order valence-electron chi connectivity index (χ3n) is 4.81. The minimum atomic E-state index is -0.500. The number of nitro benzene ring substituents is 1. The van der Waals surface area contributed by atoms with E-state index in [2.05, 4.69) is 16.8 Å². The van der Waals surface area contributed by atoms with Gasteiger partial charge in [0.2, 0.25) is 0 Å². The molecule has 6 nitrogen and oxygen atoms in total. The summed E-state index contributed by atoms with van der Waals surface area (Å²) in [4.78, 5) is 15.1. The number of hydrogen-bond donors (Lipinski definition) is 0. The quantitative estimate of drug-likeness (QED) is 0.615. The molecule has 110 valence electrons. The molecule has 2 aliphatic heterocycles. The highest BCUT2D eigenvalue weighted by Crippen LogP contribution is 2.32. The molecule has 0 spiro atoms. The Hall–Kier alpha value is -2.13. The molecule has 0 aliphatic carbocycles. The Morgan fingerprint density at radius 1 is 1.33 bits per heavy atom. The molecule has 0 radical (unpaired) electrons. The zero-order valence-electron chi connectivity index (χ0n) is 12.0. The maximum Gasteiger partial charge on any atom is 0.287 e. The number of fused-ring (bicyclic) bond motifs is 2. The standard InChI is InChI=1S/C15H18N4O2/c1-17-12-2-3-14(17)10-18(7-6-12)13-4-5-15(19(20)21)11(8-13)9-16/h4-5,8,12,14H,2-3,6-7,10H2,1H3. The van der Waals surface area contributed by atoms with Crippen molar-refractivity contribution in [1.29, 1.82) is 5.26 Å². The fraction of sp³-hybridized carbons (Fsp3) is 0.533. The summed E-state index contributed by atoms with van der Waals surface area (Å²) in [6.45, 7) is 1.86. The molecule has 6 heteroatoms. The lowest BCUT2D eigenvalue weighted by molar-refractivity contribution is -0.385. The molecular formula is C15H18N4O2. The van der Waals surface area contributed by atoms with E-state index >= 15 is 0 Å². The summed E-state index contributed by atoms with van der Waals surface area (Å²) in [7, 11) is 2.18. The van der Waals surface area contributed by atoms with Crippen molar-refractivity contribution >= 4 is 11.4 Å². The smallest absolute Gasteiger partial charge is 0.287 e. The number of nitriles is 1. The van der Waals surface area contributed by atoms with Gasteiger partial charge in [0, 0.05) is 36.9 Å². The van der Waals surface area contributed by atoms with Crippen LogP contribution in [0.15, 0.2) is 18.2 Å². The van der Waals surface area contributed by atoms with E-state index in [0.29, 0.717) is 12.1 Å². The number of nitro groups is 1. The van der Waals surface area contributed by atoms with Crippen molar-refractivity contribution in [3.05, 3.63) is 33.9 Å². The van der Waals surface area contributed by atoms with Crippen LogP contribution < -0.4 is 4.90 Å². The second-order valence-electron chi connectivity index (χ2n) is 5.86. The Bertz CT molecular complexity index is 610. The van der Waals surface area contributed by atoms with Crippen LogP contribution in [0.25, 0.3) is 0 Å². The maximum absolute atomic E-state index is 10.9. The van der Waals surface area contributed by atoms with Gasteiger partial charge in [0.05, 0.1) is 4.92 Å². The van der Waals surface area contributed by atoms with Crippen LogP contribution in [0.4, 0.5) is 11.4 Å². The van der Waals surface area contributed by atoms with E-state index in [9.17, 15) is 10.1 Å². The van der Waals surface area contributed by atoms with Crippen LogP contribution in [0.2, 0.25) is 0 Å². The van der Waals surface area contributed by atoms with Crippen LogP contribution in [-0.2, 0) is 0 Å². The van der Waals surface area contributed by atoms with E-state index in [4.69, 9.17) is 5.26 Å². The fourth-order valence-corrected chi connectivity index (χ4v) is 3.51. The second-order valence-corrected chi connectivity index (χ2v) is 5.86. The van der Waals surface area contributed by atoms with Gasteiger partial charge < -0.3 is 4.90 Å². The van der Waals surface area contributed by atoms with Gasteiger partial charge in [-0.25, -0.2) is 0 Å². The molecule has 0 N–H and O–H groups in total. The van der Waals surface area contributed by atoms with Crippen molar-refractivity contribution in [2.75, 3.05) is 25.0 Å². The Morgan fingerprint density at radius 3 is 2.81 bits per heavy atom. The molecule has 3 rings (SSSR count). The van der Waals surface area contributed by atoms with Gasteiger partial charge in [0.15, 0.2) is 0 Å².